The summed E-state index contributed by atoms with van der Waals surface area (Å²) in [5.74, 6) is -1.05. The molecule has 2 aliphatic rings. The van der Waals surface area contributed by atoms with Crippen LogP contribution < -0.4 is 10.6 Å². The fraction of sp³-hybridized carbons (Fsp3) is 0.292. The summed E-state index contributed by atoms with van der Waals surface area (Å²) in [5.41, 5.74) is 2.22. The Hall–Kier alpha value is -3.12. The fourth-order valence-corrected chi connectivity index (χ4v) is 4.16. The molecular weight excluding hydrogens is 414 g/mol. The predicted molar refractivity (Wildman–Crippen MR) is 120 cm³/mol. The first kappa shape index (κ1) is 21.1. The van der Waals surface area contributed by atoms with Gasteiger partial charge in [-0.05, 0) is 49.1 Å². The van der Waals surface area contributed by atoms with E-state index in [4.69, 9.17) is 11.6 Å². The standard InChI is InChI=1S/C24H24ClN3O3/c25-20-21(24(31)28(23(20)30)15-14-16-6-2-1-3-7-16)26-19-12-10-17(11-13-19)22(29)27-18-8-4-5-9-18/h1-3,6-7,10-13,18,26H,4-5,8-9,14-15H2,(H,27,29). The van der Waals surface area contributed by atoms with Gasteiger partial charge in [0.15, 0.2) is 0 Å². The molecule has 160 valence electrons. The molecule has 1 heterocycles. The van der Waals surface area contributed by atoms with Crippen molar-refractivity contribution in [3.8, 4) is 0 Å². The number of nitrogens with zero attached hydrogens (tertiary/aromatic N) is 1. The number of amides is 3. The molecule has 31 heavy (non-hydrogen) atoms. The maximum absolute atomic E-state index is 12.8. The summed E-state index contributed by atoms with van der Waals surface area (Å²) in [6, 6.07) is 16.7. The molecule has 1 aliphatic carbocycles. The fourth-order valence-electron chi connectivity index (χ4n) is 3.93. The Morgan fingerprint density at radius 3 is 2.32 bits per heavy atom. The summed E-state index contributed by atoms with van der Waals surface area (Å²) in [5, 5.41) is 5.86. The second kappa shape index (κ2) is 9.35. The lowest BCUT2D eigenvalue weighted by molar-refractivity contribution is -0.137. The monoisotopic (exact) mass is 437 g/mol. The van der Waals surface area contributed by atoms with E-state index in [-0.39, 0.29) is 29.2 Å². The molecule has 7 heteroatoms. The van der Waals surface area contributed by atoms with Crippen LogP contribution in [0.3, 0.4) is 0 Å². The van der Waals surface area contributed by atoms with Gasteiger partial charge in [-0.15, -0.1) is 0 Å². The van der Waals surface area contributed by atoms with E-state index in [1.54, 1.807) is 24.3 Å². The molecule has 0 spiro atoms. The number of benzene rings is 2. The van der Waals surface area contributed by atoms with Crippen LogP contribution in [0.25, 0.3) is 0 Å². The molecule has 0 aromatic heterocycles. The first-order valence-electron chi connectivity index (χ1n) is 10.5. The average Bonchev–Trinajstić information content (AvgIpc) is 3.37. The Bertz CT molecular complexity index is 1010. The smallest absolute Gasteiger partial charge is 0.278 e. The van der Waals surface area contributed by atoms with E-state index in [1.165, 1.54) is 0 Å². The summed E-state index contributed by atoms with van der Waals surface area (Å²) >= 11 is 6.17. The van der Waals surface area contributed by atoms with Gasteiger partial charge in [-0.2, -0.15) is 0 Å². The molecule has 6 nitrogen and oxygen atoms in total. The van der Waals surface area contributed by atoms with Crippen molar-refractivity contribution in [3.63, 3.8) is 0 Å². The van der Waals surface area contributed by atoms with Crippen molar-refractivity contribution >= 4 is 35.0 Å². The van der Waals surface area contributed by atoms with E-state index in [1.807, 2.05) is 30.3 Å². The third-order valence-corrected chi connectivity index (χ3v) is 6.04. The van der Waals surface area contributed by atoms with Gasteiger partial charge in [0.2, 0.25) is 0 Å². The third kappa shape index (κ3) is 4.80. The van der Waals surface area contributed by atoms with Gasteiger partial charge in [0.05, 0.1) is 0 Å². The van der Waals surface area contributed by atoms with Gasteiger partial charge in [0.25, 0.3) is 17.7 Å². The molecule has 1 saturated carbocycles. The minimum Gasteiger partial charge on any atom is -0.350 e. The lowest BCUT2D eigenvalue weighted by Crippen LogP contribution is -2.34. The summed E-state index contributed by atoms with van der Waals surface area (Å²) in [7, 11) is 0. The molecule has 1 fully saturated rings. The van der Waals surface area contributed by atoms with Crippen LogP contribution in [0.2, 0.25) is 0 Å². The molecule has 2 aromatic carbocycles. The van der Waals surface area contributed by atoms with Crippen LogP contribution in [0, 0.1) is 0 Å². The van der Waals surface area contributed by atoms with Gasteiger partial charge < -0.3 is 10.6 Å². The second-order valence-corrected chi connectivity index (χ2v) is 8.22. The van der Waals surface area contributed by atoms with E-state index in [0.29, 0.717) is 17.7 Å². The van der Waals surface area contributed by atoms with Crippen LogP contribution in [0.5, 0.6) is 0 Å². The Morgan fingerprint density at radius 1 is 0.968 bits per heavy atom. The molecule has 4 rings (SSSR count). The quantitative estimate of drug-likeness (QED) is 0.645. The van der Waals surface area contributed by atoms with Gasteiger partial charge in [0, 0.05) is 23.8 Å². The lowest BCUT2D eigenvalue weighted by atomic mass is 10.1. The number of hydrogen-bond donors (Lipinski definition) is 2. The molecule has 0 bridgehead atoms. The van der Waals surface area contributed by atoms with Crippen molar-refractivity contribution in [1.82, 2.24) is 10.2 Å². The van der Waals surface area contributed by atoms with Crippen molar-refractivity contribution < 1.29 is 14.4 Å². The van der Waals surface area contributed by atoms with Crippen molar-refractivity contribution in [3.05, 3.63) is 76.5 Å². The Balaban J connectivity index is 1.38. The SMILES string of the molecule is O=C(NC1CCCC1)c1ccc(NC2=C(Cl)C(=O)N(CCc3ccccc3)C2=O)cc1. The summed E-state index contributed by atoms with van der Waals surface area (Å²) in [6.45, 7) is 0.253. The Kier molecular flexibility index (Phi) is 6.37. The molecule has 0 unspecified atom stereocenters. The molecular formula is C24H24ClN3O3. The van der Waals surface area contributed by atoms with E-state index in [0.717, 1.165) is 36.1 Å². The summed E-state index contributed by atoms with van der Waals surface area (Å²) < 4.78 is 0. The van der Waals surface area contributed by atoms with Crippen molar-refractivity contribution in [2.75, 3.05) is 11.9 Å². The zero-order valence-corrected chi connectivity index (χ0v) is 17.8. The van der Waals surface area contributed by atoms with E-state index >= 15 is 0 Å². The Labute approximate surface area is 186 Å². The Morgan fingerprint density at radius 2 is 1.65 bits per heavy atom. The second-order valence-electron chi connectivity index (χ2n) is 7.84. The summed E-state index contributed by atoms with van der Waals surface area (Å²) in [4.78, 5) is 38.7. The number of nitrogens with one attached hydrogen (secondary N) is 2. The zero-order chi connectivity index (χ0) is 21.8. The molecule has 3 amide bonds. The van der Waals surface area contributed by atoms with E-state index in [9.17, 15) is 14.4 Å². The molecule has 0 saturated heterocycles. The van der Waals surface area contributed by atoms with E-state index in [2.05, 4.69) is 10.6 Å². The maximum Gasteiger partial charge on any atom is 0.278 e. The largest absolute Gasteiger partial charge is 0.350 e. The van der Waals surface area contributed by atoms with Gasteiger partial charge >= 0.3 is 0 Å². The highest BCUT2D eigenvalue weighted by molar-refractivity contribution is 6.48. The number of imide groups is 1. The first-order chi connectivity index (χ1) is 15.0. The third-order valence-electron chi connectivity index (χ3n) is 5.69. The minimum atomic E-state index is -0.502. The van der Waals surface area contributed by atoms with E-state index < -0.39 is 11.8 Å². The maximum atomic E-state index is 12.8. The highest BCUT2D eigenvalue weighted by Crippen LogP contribution is 2.26. The minimum absolute atomic E-state index is 0.0582. The van der Waals surface area contributed by atoms with Gasteiger partial charge in [-0.1, -0.05) is 54.8 Å². The molecule has 0 radical (unpaired) electrons. The average molecular weight is 438 g/mol. The number of hydrogen-bond acceptors (Lipinski definition) is 4. The van der Waals surface area contributed by atoms with Gasteiger partial charge in [-0.25, -0.2) is 0 Å². The zero-order valence-electron chi connectivity index (χ0n) is 17.1. The topological polar surface area (TPSA) is 78.5 Å². The highest BCUT2D eigenvalue weighted by atomic mass is 35.5. The predicted octanol–water partition coefficient (Wildman–Crippen LogP) is 3.83. The number of carbonyl (C=O) groups is 3. The van der Waals surface area contributed by atoms with Crippen LogP contribution in [-0.2, 0) is 16.0 Å². The number of rotatable bonds is 7. The first-order valence-corrected chi connectivity index (χ1v) is 10.9. The van der Waals surface area contributed by atoms with Gasteiger partial charge in [-0.3, -0.25) is 19.3 Å². The van der Waals surface area contributed by atoms with Crippen molar-refractivity contribution in [1.29, 1.82) is 0 Å². The normalized spacial score (nSPS) is 16.9. The molecule has 1 aliphatic heterocycles. The highest BCUT2D eigenvalue weighted by Gasteiger charge is 2.37. The van der Waals surface area contributed by atoms with Crippen LogP contribution in [0.1, 0.15) is 41.6 Å². The van der Waals surface area contributed by atoms with Crippen molar-refractivity contribution in [2.45, 2.75) is 38.1 Å². The molecule has 2 aromatic rings. The summed E-state index contributed by atoms with van der Waals surface area (Å²) in [6.07, 6.45) is 4.90. The number of anilines is 1. The molecule has 2 N–H and O–H groups in total. The van der Waals surface area contributed by atoms with Crippen LogP contribution in [0.4, 0.5) is 5.69 Å². The van der Waals surface area contributed by atoms with Crippen LogP contribution in [0.15, 0.2) is 65.3 Å². The van der Waals surface area contributed by atoms with Crippen molar-refractivity contribution in [2.24, 2.45) is 0 Å². The van der Waals surface area contributed by atoms with Crippen LogP contribution >= 0.6 is 11.6 Å². The van der Waals surface area contributed by atoms with Crippen LogP contribution in [-0.4, -0.2) is 35.2 Å². The number of carbonyl (C=O) groups excluding carboxylic acids is 3. The number of halogens is 1. The van der Waals surface area contributed by atoms with Gasteiger partial charge in [0.1, 0.15) is 10.7 Å². The molecule has 0 atom stereocenters. The lowest BCUT2D eigenvalue weighted by Gasteiger charge is -2.15.